The first-order valence-electron chi connectivity index (χ1n) is 13.8. The van der Waals surface area contributed by atoms with Gasteiger partial charge in [-0.25, -0.2) is 9.97 Å². The molecule has 0 saturated carbocycles. The van der Waals surface area contributed by atoms with Crippen molar-refractivity contribution in [3.8, 4) is 33.8 Å². The van der Waals surface area contributed by atoms with Crippen LogP contribution in [0.1, 0.15) is 0 Å². The van der Waals surface area contributed by atoms with Crippen molar-refractivity contribution in [3.05, 3.63) is 133 Å². The van der Waals surface area contributed by atoms with E-state index in [1.165, 1.54) is 32.7 Å². The highest BCUT2D eigenvalue weighted by atomic mass is 16.3. The molecule has 7 aromatic carbocycles. The summed E-state index contributed by atoms with van der Waals surface area (Å²) in [5, 5.41) is 8.19. The van der Waals surface area contributed by atoms with Gasteiger partial charge in [0.15, 0.2) is 5.82 Å². The maximum atomic E-state index is 6.61. The zero-order chi connectivity index (χ0) is 26.9. The summed E-state index contributed by atoms with van der Waals surface area (Å²) in [4.78, 5) is 10.3. The number of rotatable bonds is 3. The quantitative estimate of drug-likeness (QED) is 0.217. The predicted molar refractivity (Wildman–Crippen MR) is 169 cm³/mol. The standard InChI is InChI=1S/C38H22N2O/c1-2-9-23(10-3-1)24-17-19-25(20-18-24)36-30-13-6-7-15-32(30)39-38(40-36)31-22-21-29-27-12-5-4-11-26(27)28-14-8-16-33-34(28)35(29)37(31)41-33/h1-22H. The van der Waals surface area contributed by atoms with E-state index in [1.807, 2.05) is 18.2 Å². The highest BCUT2D eigenvalue weighted by Crippen LogP contribution is 2.45. The molecule has 0 atom stereocenters. The van der Waals surface area contributed by atoms with Crippen molar-refractivity contribution >= 4 is 54.4 Å². The van der Waals surface area contributed by atoms with E-state index in [2.05, 4.69) is 115 Å². The third-order valence-corrected chi connectivity index (χ3v) is 8.26. The monoisotopic (exact) mass is 522 g/mol. The van der Waals surface area contributed by atoms with Gasteiger partial charge in [-0.15, -0.1) is 0 Å². The number of benzene rings is 7. The van der Waals surface area contributed by atoms with Crippen molar-refractivity contribution in [1.82, 2.24) is 9.97 Å². The second-order valence-corrected chi connectivity index (χ2v) is 10.5. The molecule has 2 heterocycles. The first kappa shape index (κ1) is 22.3. The molecular formula is C38H22N2O. The molecule has 0 aliphatic carbocycles. The molecule has 3 nitrogen and oxygen atoms in total. The van der Waals surface area contributed by atoms with Gasteiger partial charge in [0.2, 0.25) is 0 Å². The Labute approximate surface area is 235 Å². The van der Waals surface area contributed by atoms with Gasteiger partial charge in [-0.3, -0.25) is 0 Å². The Morgan fingerprint density at radius 1 is 0.415 bits per heavy atom. The van der Waals surface area contributed by atoms with Gasteiger partial charge in [-0.05, 0) is 50.9 Å². The van der Waals surface area contributed by atoms with Crippen LogP contribution >= 0.6 is 0 Å². The first-order valence-corrected chi connectivity index (χ1v) is 13.8. The molecule has 0 fully saturated rings. The summed E-state index contributed by atoms with van der Waals surface area (Å²) in [5.41, 5.74) is 7.87. The lowest BCUT2D eigenvalue weighted by Gasteiger charge is -2.12. The fourth-order valence-corrected chi connectivity index (χ4v) is 6.37. The molecule has 0 bridgehead atoms. The molecule has 3 heteroatoms. The molecule has 0 aliphatic rings. The number of fused-ring (bicyclic) bond motifs is 4. The summed E-state index contributed by atoms with van der Waals surface area (Å²) in [6.45, 7) is 0. The lowest BCUT2D eigenvalue weighted by molar-refractivity contribution is 0.670. The van der Waals surface area contributed by atoms with Crippen LogP contribution in [0, 0.1) is 0 Å². The summed E-state index contributed by atoms with van der Waals surface area (Å²) < 4.78 is 6.61. The Balaban J connectivity index is 1.30. The van der Waals surface area contributed by atoms with E-state index >= 15 is 0 Å². The molecule has 190 valence electrons. The van der Waals surface area contributed by atoms with Gasteiger partial charge in [0.05, 0.1) is 16.8 Å². The fourth-order valence-electron chi connectivity index (χ4n) is 6.37. The van der Waals surface area contributed by atoms with E-state index < -0.39 is 0 Å². The van der Waals surface area contributed by atoms with Gasteiger partial charge in [0, 0.05) is 21.7 Å². The molecular weight excluding hydrogens is 500 g/mol. The minimum Gasteiger partial charge on any atom is -0.455 e. The SMILES string of the molecule is c1ccc(-c2ccc(-c3nc(-c4ccc5c6ccccc6c6cccc7oc4c5c76)nc4ccccc34)cc2)cc1. The number of hydrogen-bond donors (Lipinski definition) is 0. The lowest BCUT2D eigenvalue weighted by Crippen LogP contribution is -1.96. The molecule has 0 unspecified atom stereocenters. The van der Waals surface area contributed by atoms with Crippen molar-refractivity contribution in [2.75, 3.05) is 0 Å². The number of furan rings is 1. The Bertz CT molecular complexity index is 2400. The summed E-state index contributed by atoms with van der Waals surface area (Å²) in [7, 11) is 0. The van der Waals surface area contributed by atoms with Crippen LogP contribution in [0.2, 0.25) is 0 Å². The van der Waals surface area contributed by atoms with E-state index in [4.69, 9.17) is 14.4 Å². The molecule has 0 saturated heterocycles. The molecule has 2 aromatic heterocycles. The van der Waals surface area contributed by atoms with Crippen molar-refractivity contribution in [2.24, 2.45) is 0 Å². The second-order valence-electron chi connectivity index (χ2n) is 10.5. The molecule has 9 rings (SSSR count). The average Bonchev–Trinajstić information content (AvgIpc) is 3.44. The van der Waals surface area contributed by atoms with Crippen LogP contribution < -0.4 is 0 Å². The summed E-state index contributed by atoms with van der Waals surface area (Å²) >= 11 is 0. The largest absolute Gasteiger partial charge is 0.455 e. The van der Waals surface area contributed by atoms with Crippen molar-refractivity contribution in [2.45, 2.75) is 0 Å². The van der Waals surface area contributed by atoms with E-state index in [1.54, 1.807) is 0 Å². The van der Waals surface area contributed by atoms with Gasteiger partial charge >= 0.3 is 0 Å². The third kappa shape index (κ3) is 3.26. The van der Waals surface area contributed by atoms with Crippen molar-refractivity contribution < 1.29 is 4.42 Å². The highest BCUT2D eigenvalue weighted by molar-refractivity contribution is 6.34. The minimum atomic E-state index is 0.664. The Morgan fingerprint density at radius 3 is 1.85 bits per heavy atom. The highest BCUT2D eigenvalue weighted by Gasteiger charge is 2.22. The van der Waals surface area contributed by atoms with Crippen LogP contribution in [0.15, 0.2) is 138 Å². The summed E-state index contributed by atoms with van der Waals surface area (Å²) in [6, 6.07) is 46.6. The predicted octanol–water partition coefficient (Wildman–Crippen LogP) is 10.3. The molecule has 41 heavy (non-hydrogen) atoms. The van der Waals surface area contributed by atoms with Crippen LogP contribution in [0.4, 0.5) is 0 Å². The maximum Gasteiger partial charge on any atom is 0.164 e. The van der Waals surface area contributed by atoms with E-state index in [0.29, 0.717) is 5.82 Å². The van der Waals surface area contributed by atoms with Gasteiger partial charge in [0.1, 0.15) is 11.2 Å². The zero-order valence-electron chi connectivity index (χ0n) is 22.0. The van der Waals surface area contributed by atoms with Crippen molar-refractivity contribution in [1.29, 1.82) is 0 Å². The number of hydrogen-bond acceptors (Lipinski definition) is 3. The van der Waals surface area contributed by atoms with E-state index in [-0.39, 0.29) is 0 Å². The Kier molecular flexibility index (Phi) is 4.61. The van der Waals surface area contributed by atoms with E-state index in [9.17, 15) is 0 Å². The average molecular weight is 523 g/mol. The van der Waals surface area contributed by atoms with Crippen molar-refractivity contribution in [3.63, 3.8) is 0 Å². The van der Waals surface area contributed by atoms with Crippen LogP contribution in [0.3, 0.4) is 0 Å². The lowest BCUT2D eigenvalue weighted by atomic mass is 9.93. The first-order chi connectivity index (χ1) is 20.3. The van der Waals surface area contributed by atoms with E-state index in [0.717, 1.165) is 49.7 Å². The summed E-state index contributed by atoms with van der Waals surface area (Å²) in [6.07, 6.45) is 0. The smallest absolute Gasteiger partial charge is 0.164 e. The molecule has 0 spiro atoms. The van der Waals surface area contributed by atoms with Gasteiger partial charge in [-0.1, -0.05) is 115 Å². The molecule has 0 amide bonds. The van der Waals surface area contributed by atoms with Gasteiger partial charge in [-0.2, -0.15) is 0 Å². The normalized spacial score (nSPS) is 11.9. The molecule has 0 aliphatic heterocycles. The van der Waals surface area contributed by atoms with Gasteiger partial charge < -0.3 is 4.42 Å². The molecule has 9 aromatic rings. The number of para-hydroxylation sites is 1. The number of aromatic nitrogens is 2. The summed E-state index contributed by atoms with van der Waals surface area (Å²) in [5.74, 6) is 0.664. The third-order valence-electron chi connectivity index (χ3n) is 8.26. The minimum absolute atomic E-state index is 0.664. The topological polar surface area (TPSA) is 38.9 Å². The van der Waals surface area contributed by atoms with Crippen LogP contribution in [0.5, 0.6) is 0 Å². The number of nitrogens with zero attached hydrogens (tertiary/aromatic N) is 2. The van der Waals surface area contributed by atoms with Crippen LogP contribution in [-0.4, -0.2) is 9.97 Å². The zero-order valence-corrected chi connectivity index (χ0v) is 22.0. The molecule has 0 N–H and O–H groups in total. The fraction of sp³-hybridized carbons (Fsp3) is 0. The Hall–Kier alpha value is -5.54. The van der Waals surface area contributed by atoms with Crippen LogP contribution in [0.25, 0.3) is 88.2 Å². The second kappa shape index (κ2) is 8.48. The molecule has 0 radical (unpaired) electrons. The van der Waals surface area contributed by atoms with Crippen LogP contribution in [-0.2, 0) is 0 Å². The van der Waals surface area contributed by atoms with Gasteiger partial charge in [0.25, 0.3) is 0 Å². The Morgan fingerprint density at radius 2 is 1.05 bits per heavy atom. The maximum absolute atomic E-state index is 6.61.